The average molecular weight is 356 g/mol. The van der Waals surface area contributed by atoms with Crippen molar-refractivity contribution in [2.24, 2.45) is 0 Å². The van der Waals surface area contributed by atoms with Crippen LogP contribution >= 0.6 is 23.2 Å². The Labute approximate surface area is 154 Å². The number of anilines is 1. The summed E-state index contributed by atoms with van der Waals surface area (Å²) < 4.78 is 38.9. The van der Waals surface area contributed by atoms with Crippen LogP contribution in [-0.2, 0) is 10.1 Å². The summed E-state index contributed by atoms with van der Waals surface area (Å²) in [6.45, 7) is 0. The van der Waals surface area contributed by atoms with Gasteiger partial charge in [-0.1, -0.05) is 23.2 Å². The quantitative estimate of drug-likeness (QED) is 0.484. The molecule has 0 unspecified atom stereocenters. The van der Waals surface area contributed by atoms with E-state index < -0.39 is 15.0 Å². The zero-order chi connectivity index (χ0) is 14.9. The van der Waals surface area contributed by atoms with Crippen molar-refractivity contribution in [1.29, 1.82) is 0 Å². The summed E-state index contributed by atoms with van der Waals surface area (Å²) in [4.78, 5) is -0.558. The second-order valence-corrected chi connectivity index (χ2v) is 6.03. The fourth-order valence-electron chi connectivity index (χ4n) is 1.48. The molecule has 0 saturated carbocycles. The molecule has 0 atom stereocenters. The zero-order valence-corrected chi connectivity index (χ0v) is 15.2. The first-order valence-electron chi connectivity index (χ1n) is 5.26. The predicted octanol–water partition coefficient (Wildman–Crippen LogP) is 0.276. The molecule has 106 valence electrons. The van der Waals surface area contributed by atoms with Gasteiger partial charge in [0.2, 0.25) is 0 Å². The van der Waals surface area contributed by atoms with Gasteiger partial charge in [0.05, 0.1) is 9.92 Å². The second kappa shape index (κ2) is 7.19. The third-order valence-corrected chi connectivity index (χ3v) is 3.74. The van der Waals surface area contributed by atoms with Crippen LogP contribution < -0.4 is 40.0 Å². The van der Waals surface area contributed by atoms with E-state index in [1.165, 1.54) is 30.3 Å². The van der Waals surface area contributed by atoms with Crippen LogP contribution in [0.5, 0.6) is 11.5 Å². The van der Waals surface area contributed by atoms with Crippen LogP contribution in [0.2, 0.25) is 10.0 Å². The van der Waals surface area contributed by atoms with E-state index in [2.05, 4.69) is 0 Å². The van der Waals surface area contributed by atoms with Gasteiger partial charge in [-0.15, -0.1) is 0 Å². The molecule has 0 aromatic heterocycles. The summed E-state index contributed by atoms with van der Waals surface area (Å²) in [7, 11) is -4.72. The maximum absolute atomic E-state index is 11.2. The molecule has 0 amide bonds. The second-order valence-electron chi connectivity index (χ2n) is 3.84. The Morgan fingerprint density at radius 2 is 1.67 bits per heavy atom. The molecule has 0 spiro atoms. The van der Waals surface area contributed by atoms with E-state index in [-0.39, 0.29) is 51.1 Å². The summed E-state index contributed by atoms with van der Waals surface area (Å²) in [5, 5.41) is 0.296. The third-order valence-electron chi connectivity index (χ3n) is 2.35. The molecular formula is C12H8Cl2NNaO4S. The van der Waals surface area contributed by atoms with Crippen LogP contribution in [-0.4, -0.2) is 13.0 Å². The molecule has 2 rings (SSSR count). The van der Waals surface area contributed by atoms with Crippen molar-refractivity contribution in [3.8, 4) is 11.5 Å². The molecule has 21 heavy (non-hydrogen) atoms. The zero-order valence-electron chi connectivity index (χ0n) is 10.8. The largest absolute Gasteiger partial charge is 1.00 e. The van der Waals surface area contributed by atoms with Crippen molar-refractivity contribution < 1.29 is 47.3 Å². The number of nitrogens with two attached hydrogens (primary N) is 1. The molecule has 5 nitrogen and oxygen atoms in total. The van der Waals surface area contributed by atoms with Gasteiger partial charge >= 0.3 is 29.6 Å². The Morgan fingerprint density at radius 3 is 2.24 bits per heavy atom. The van der Waals surface area contributed by atoms with Crippen LogP contribution in [0.3, 0.4) is 0 Å². The van der Waals surface area contributed by atoms with Gasteiger partial charge in [0.1, 0.15) is 21.6 Å². The Morgan fingerprint density at radius 1 is 1.05 bits per heavy atom. The Balaban J connectivity index is 0.00000220. The van der Waals surface area contributed by atoms with Crippen LogP contribution in [0.1, 0.15) is 0 Å². The molecule has 2 N–H and O–H groups in total. The number of nitrogen functional groups attached to an aromatic ring is 1. The number of benzene rings is 2. The van der Waals surface area contributed by atoms with Crippen molar-refractivity contribution in [3.05, 3.63) is 46.4 Å². The SMILES string of the molecule is Nc1ccc(Oc2ccc(Cl)cc2S(=O)(=O)[O-])c(Cl)c1.[Na+]. The first-order valence-corrected chi connectivity index (χ1v) is 7.42. The Kier molecular flexibility index (Phi) is 6.36. The minimum absolute atomic E-state index is 0. The van der Waals surface area contributed by atoms with E-state index in [9.17, 15) is 13.0 Å². The van der Waals surface area contributed by atoms with E-state index in [4.69, 9.17) is 33.7 Å². The van der Waals surface area contributed by atoms with Gasteiger partial charge in [-0.2, -0.15) is 0 Å². The van der Waals surface area contributed by atoms with Crippen LogP contribution in [0, 0.1) is 0 Å². The van der Waals surface area contributed by atoms with Gasteiger partial charge in [-0.25, -0.2) is 8.42 Å². The molecule has 0 aliphatic heterocycles. The van der Waals surface area contributed by atoms with E-state index in [1.807, 2.05) is 0 Å². The molecule has 2 aromatic carbocycles. The van der Waals surface area contributed by atoms with Crippen molar-refractivity contribution >= 4 is 39.0 Å². The molecule has 0 aliphatic carbocycles. The summed E-state index contributed by atoms with van der Waals surface area (Å²) in [6.07, 6.45) is 0. The molecule has 0 fully saturated rings. The maximum atomic E-state index is 11.2. The van der Waals surface area contributed by atoms with Crippen molar-refractivity contribution in [1.82, 2.24) is 0 Å². The molecule has 9 heteroatoms. The minimum atomic E-state index is -4.72. The number of hydrogen-bond donors (Lipinski definition) is 1. The molecule has 0 heterocycles. The van der Waals surface area contributed by atoms with Crippen LogP contribution in [0.25, 0.3) is 0 Å². The summed E-state index contributed by atoms with van der Waals surface area (Å²) in [5.74, 6) is 0.0177. The van der Waals surface area contributed by atoms with E-state index in [0.29, 0.717) is 5.69 Å². The standard InChI is InChI=1S/C12H9Cl2NO4S.Na/c13-7-1-3-11(12(5-7)20(16,17)18)19-10-4-2-8(15)6-9(10)14;/h1-6H,15H2,(H,16,17,18);/q;+1/p-1. The molecule has 0 aliphatic rings. The minimum Gasteiger partial charge on any atom is -0.744 e. The molecule has 0 bridgehead atoms. The monoisotopic (exact) mass is 355 g/mol. The van der Waals surface area contributed by atoms with Gasteiger partial charge in [0, 0.05) is 10.7 Å². The van der Waals surface area contributed by atoms with Gasteiger partial charge < -0.3 is 15.0 Å². The van der Waals surface area contributed by atoms with Crippen molar-refractivity contribution in [2.75, 3.05) is 5.73 Å². The maximum Gasteiger partial charge on any atom is 1.00 e. The first kappa shape index (κ1) is 18.6. The Hall–Kier alpha value is -0.470. The molecule has 0 saturated heterocycles. The molecular weight excluding hydrogens is 348 g/mol. The smallest absolute Gasteiger partial charge is 0.744 e. The Bertz CT molecular complexity index is 768. The van der Waals surface area contributed by atoms with Crippen LogP contribution in [0.15, 0.2) is 41.3 Å². The van der Waals surface area contributed by atoms with E-state index >= 15 is 0 Å². The predicted molar refractivity (Wildman–Crippen MR) is 75.4 cm³/mol. The normalized spacial score (nSPS) is 10.8. The van der Waals surface area contributed by atoms with Gasteiger partial charge in [-0.05, 0) is 36.4 Å². The summed E-state index contributed by atoms with van der Waals surface area (Å²) >= 11 is 11.6. The fraction of sp³-hybridized carbons (Fsp3) is 0. The van der Waals surface area contributed by atoms with Gasteiger partial charge in [-0.3, -0.25) is 0 Å². The average Bonchev–Trinajstić information content (AvgIpc) is 2.33. The topological polar surface area (TPSA) is 92.5 Å². The van der Waals surface area contributed by atoms with Crippen molar-refractivity contribution in [2.45, 2.75) is 4.90 Å². The van der Waals surface area contributed by atoms with E-state index in [0.717, 1.165) is 6.07 Å². The number of ether oxygens (including phenoxy) is 1. The number of rotatable bonds is 3. The van der Waals surface area contributed by atoms with E-state index in [1.54, 1.807) is 0 Å². The molecule has 2 aromatic rings. The number of hydrogen-bond acceptors (Lipinski definition) is 5. The first-order chi connectivity index (χ1) is 9.27. The number of halogens is 2. The summed E-state index contributed by atoms with van der Waals surface area (Å²) in [5.41, 5.74) is 5.96. The summed E-state index contributed by atoms with van der Waals surface area (Å²) in [6, 6.07) is 8.13. The van der Waals surface area contributed by atoms with Crippen molar-refractivity contribution in [3.63, 3.8) is 0 Å². The third kappa shape index (κ3) is 4.75. The molecule has 0 radical (unpaired) electrons. The fourth-order valence-corrected chi connectivity index (χ4v) is 2.57. The van der Waals surface area contributed by atoms with Gasteiger partial charge in [0.25, 0.3) is 0 Å². The van der Waals surface area contributed by atoms with Crippen LogP contribution in [0.4, 0.5) is 5.69 Å². The van der Waals surface area contributed by atoms with Gasteiger partial charge in [0.15, 0.2) is 0 Å².